The number of likely N-dealkylation sites (tertiary alicyclic amines) is 1. The van der Waals surface area contributed by atoms with Crippen LogP contribution in [0.25, 0.3) is 0 Å². The molecule has 0 unspecified atom stereocenters. The van der Waals surface area contributed by atoms with Crippen molar-refractivity contribution in [3.8, 4) is 0 Å². The van der Waals surface area contributed by atoms with Crippen molar-refractivity contribution in [2.75, 3.05) is 25.1 Å². The summed E-state index contributed by atoms with van der Waals surface area (Å²) in [4.78, 5) is 26.2. The zero-order valence-corrected chi connectivity index (χ0v) is 16.8. The lowest BCUT2D eigenvalue weighted by Crippen LogP contribution is -2.53. The molecular formula is C17H33ClN4O2S. The quantitative estimate of drug-likeness (QED) is 0.646. The molecule has 146 valence electrons. The number of rotatable bonds is 6. The van der Waals surface area contributed by atoms with E-state index in [1.54, 1.807) is 11.8 Å². The van der Waals surface area contributed by atoms with Crippen molar-refractivity contribution >= 4 is 36.1 Å². The van der Waals surface area contributed by atoms with Gasteiger partial charge in [-0.1, -0.05) is 19.3 Å². The Bertz CT molecular complexity index is 413. The van der Waals surface area contributed by atoms with Crippen molar-refractivity contribution in [2.24, 2.45) is 5.73 Å². The van der Waals surface area contributed by atoms with Crippen molar-refractivity contribution in [2.45, 2.75) is 69.5 Å². The van der Waals surface area contributed by atoms with Crippen LogP contribution in [0.3, 0.4) is 0 Å². The Morgan fingerprint density at radius 3 is 2.20 bits per heavy atom. The Hall–Kier alpha value is -0.660. The fraction of sp³-hybridized carbons (Fsp3) is 0.882. The monoisotopic (exact) mass is 392 g/mol. The van der Waals surface area contributed by atoms with Crippen molar-refractivity contribution in [3.05, 3.63) is 0 Å². The van der Waals surface area contributed by atoms with Gasteiger partial charge in [0.1, 0.15) is 0 Å². The lowest BCUT2D eigenvalue weighted by atomic mass is 9.96. The first kappa shape index (κ1) is 22.4. The number of nitrogens with zero attached hydrogens (tertiary/aromatic N) is 1. The molecule has 2 aliphatic rings. The summed E-state index contributed by atoms with van der Waals surface area (Å²) in [5.74, 6) is 0.959. The molecule has 1 heterocycles. The van der Waals surface area contributed by atoms with Gasteiger partial charge in [0.25, 0.3) is 0 Å². The highest BCUT2D eigenvalue weighted by Gasteiger charge is 2.27. The average molecular weight is 393 g/mol. The minimum atomic E-state index is -0.392. The molecule has 1 atom stereocenters. The normalized spacial score (nSPS) is 20.5. The first-order valence-electron chi connectivity index (χ1n) is 9.20. The molecule has 1 aliphatic heterocycles. The van der Waals surface area contributed by atoms with Gasteiger partial charge < -0.3 is 21.3 Å². The Kier molecular flexibility index (Phi) is 10.6. The zero-order valence-electron chi connectivity index (χ0n) is 15.2. The van der Waals surface area contributed by atoms with E-state index in [0.717, 1.165) is 37.9 Å². The van der Waals surface area contributed by atoms with E-state index in [0.29, 0.717) is 19.1 Å². The van der Waals surface area contributed by atoms with Gasteiger partial charge in [-0.3, -0.25) is 4.79 Å². The fourth-order valence-corrected chi connectivity index (χ4v) is 4.00. The molecule has 8 heteroatoms. The highest BCUT2D eigenvalue weighted by Crippen LogP contribution is 2.17. The molecule has 0 spiro atoms. The van der Waals surface area contributed by atoms with Crippen LogP contribution in [0.5, 0.6) is 0 Å². The Labute approximate surface area is 161 Å². The average Bonchev–Trinajstić information content (AvgIpc) is 2.60. The second-order valence-corrected chi connectivity index (χ2v) is 7.93. The molecule has 2 rings (SSSR count). The SMILES string of the molecule is CSCC[C@H](N)C(=O)N1CCC(NC(=O)NC2CCCCC2)CC1.Cl. The molecule has 1 aliphatic carbocycles. The van der Waals surface area contributed by atoms with E-state index in [2.05, 4.69) is 10.6 Å². The van der Waals surface area contributed by atoms with E-state index in [-0.39, 0.29) is 30.4 Å². The van der Waals surface area contributed by atoms with Gasteiger partial charge in [0.05, 0.1) is 6.04 Å². The standard InChI is InChI=1S/C17H32N4O2S.ClH/c1-24-12-9-15(18)16(22)21-10-7-14(8-11-21)20-17(23)19-13-5-3-2-4-6-13;/h13-15H,2-12,18H2,1H3,(H2,19,20,23);1H/t15-;/m0./s1. The Balaban J connectivity index is 0.00000312. The molecule has 0 aromatic carbocycles. The molecule has 0 radical (unpaired) electrons. The van der Waals surface area contributed by atoms with Gasteiger partial charge in [0.2, 0.25) is 5.91 Å². The Morgan fingerprint density at radius 1 is 1.08 bits per heavy atom. The van der Waals surface area contributed by atoms with E-state index in [1.165, 1.54) is 19.3 Å². The van der Waals surface area contributed by atoms with Crippen LogP contribution in [0, 0.1) is 0 Å². The number of hydrogen-bond donors (Lipinski definition) is 3. The number of hydrogen-bond acceptors (Lipinski definition) is 4. The summed E-state index contributed by atoms with van der Waals surface area (Å²) >= 11 is 1.71. The molecule has 25 heavy (non-hydrogen) atoms. The van der Waals surface area contributed by atoms with E-state index < -0.39 is 6.04 Å². The van der Waals surface area contributed by atoms with Gasteiger partial charge in [0, 0.05) is 25.2 Å². The van der Waals surface area contributed by atoms with Crippen LogP contribution in [0.1, 0.15) is 51.4 Å². The van der Waals surface area contributed by atoms with Crippen LogP contribution in [-0.2, 0) is 4.79 Å². The number of nitrogens with two attached hydrogens (primary N) is 1. The topological polar surface area (TPSA) is 87.5 Å². The molecule has 4 N–H and O–H groups in total. The molecule has 3 amide bonds. The largest absolute Gasteiger partial charge is 0.341 e. The maximum Gasteiger partial charge on any atom is 0.315 e. The van der Waals surface area contributed by atoms with Crippen molar-refractivity contribution in [1.29, 1.82) is 0 Å². The van der Waals surface area contributed by atoms with Gasteiger partial charge in [0.15, 0.2) is 0 Å². The number of piperidine rings is 1. The number of thioether (sulfide) groups is 1. The summed E-state index contributed by atoms with van der Waals surface area (Å²) in [6.07, 6.45) is 10.2. The van der Waals surface area contributed by atoms with E-state index >= 15 is 0 Å². The smallest absolute Gasteiger partial charge is 0.315 e. The highest BCUT2D eigenvalue weighted by molar-refractivity contribution is 7.98. The van der Waals surface area contributed by atoms with Crippen LogP contribution in [-0.4, -0.2) is 60.1 Å². The third-order valence-electron chi connectivity index (χ3n) is 5.03. The number of urea groups is 1. The summed E-state index contributed by atoms with van der Waals surface area (Å²) < 4.78 is 0. The van der Waals surface area contributed by atoms with Gasteiger partial charge in [-0.15, -0.1) is 12.4 Å². The summed E-state index contributed by atoms with van der Waals surface area (Å²) in [6, 6.07) is 0.0369. The predicted molar refractivity (Wildman–Crippen MR) is 106 cm³/mol. The van der Waals surface area contributed by atoms with Crippen molar-refractivity contribution < 1.29 is 9.59 Å². The number of carbonyl (C=O) groups is 2. The molecule has 0 aromatic rings. The maximum absolute atomic E-state index is 12.3. The number of amides is 3. The van der Waals surface area contributed by atoms with Crippen LogP contribution in [0.15, 0.2) is 0 Å². The second kappa shape index (κ2) is 11.9. The first-order chi connectivity index (χ1) is 11.6. The third-order valence-corrected chi connectivity index (χ3v) is 5.68. The molecule has 6 nitrogen and oxygen atoms in total. The molecule has 1 saturated heterocycles. The number of nitrogens with one attached hydrogen (secondary N) is 2. The van der Waals surface area contributed by atoms with Gasteiger partial charge in [-0.05, 0) is 44.1 Å². The molecule has 0 bridgehead atoms. The van der Waals surface area contributed by atoms with Crippen LogP contribution in [0.4, 0.5) is 4.79 Å². The van der Waals surface area contributed by atoms with Crippen LogP contribution < -0.4 is 16.4 Å². The van der Waals surface area contributed by atoms with Gasteiger partial charge in [-0.2, -0.15) is 11.8 Å². The lowest BCUT2D eigenvalue weighted by molar-refractivity contribution is -0.133. The summed E-state index contributed by atoms with van der Waals surface area (Å²) in [5.41, 5.74) is 5.97. The van der Waals surface area contributed by atoms with E-state index in [4.69, 9.17) is 5.73 Å². The fourth-order valence-electron chi connectivity index (χ4n) is 3.51. The first-order valence-corrected chi connectivity index (χ1v) is 10.6. The summed E-state index contributed by atoms with van der Waals surface area (Å²) in [7, 11) is 0. The molecular weight excluding hydrogens is 360 g/mol. The van der Waals surface area contributed by atoms with Crippen molar-refractivity contribution in [3.63, 3.8) is 0 Å². The highest BCUT2D eigenvalue weighted by atomic mass is 35.5. The molecule has 2 fully saturated rings. The summed E-state index contributed by atoms with van der Waals surface area (Å²) in [5, 5.41) is 6.16. The number of halogens is 1. The number of carbonyl (C=O) groups excluding carboxylic acids is 2. The molecule has 0 aromatic heterocycles. The third kappa shape index (κ3) is 7.62. The maximum atomic E-state index is 12.3. The minimum absolute atomic E-state index is 0. The summed E-state index contributed by atoms with van der Waals surface area (Å²) in [6.45, 7) is 1.36. The van der Waals surface area contributed by atoms with E-state index in [9.17, 15) is 9.59 Å². The second-order valence-electron chi connectivity index (χ2n) is 6.94. The zero-order chi connectivity index (χ0) is 17.4. The van der Waals surface area contributed by atoms with Crippen LogP contribution in [0.2, 0.25) is 0 Å². The Morgan fingerprint density at radius 2 is 1.64 bits per heavy atom. The van der Waals surface area contributed by atoms with Crippen LogP contribution >= 0.6 is 24.2 Å². The minimum Gasteiger partial charge on any atom is -0.341 e. The van der Waals surface area contributed by atoms with Crippen molar-refractivity contribution in [1.82, 2.24) is 15.5 Å². The van der Waals surface area contributed by atoms with Gasteiger partial charge in [-0.25, -0.2) is 4.79 Å². The van der Waals surface area contributed by atoms with E-state index in [1.807, 2.05) is 11.2 Å². The lowest BCUT2D eigenvalue weighted by Gasteiger charge is -2.34. The predicted octanol–water partition coefficient (Wildman–Crippen LogP) is 2.11. The van der Waals surface area contributed by atoms with Gasteiger partial charge >= 0.3 is 6.03 Å². The molecule has 1 saturated carbocycles.